The first-order chi connectivity index (χ1) is 12.3. The van der Waals surface area contributed by atoms with Crippen LogP contribution in [0.15, 0.2) is 6.20 Å². The number of aliphatic hydroxyl groups is 1. The maximum absolute atomic E-state index is 8.04. The molecule has 0 unspecified atom stereocenters. The molecule has 0 aromatic carbocycles. The van der Waals surface area contributed by atoms with E-state index >= 15 is 0 Å². The van der Waals surface area contributed by atoms with Gasteiger partial charge in [0.1, 0.15) is 0 Å². The van der Waals surface area contributed by atoms with E-state index in [1.807, 2.05) is 6.20 Å². The number of aromatic nitrogens is 2. The van der Waals surface area contributed by atoms with Crippen LogP contribution in [-0.2, 0) is 12.8 Å². The van der Waals surface area contributed by atoms with Crippen molar-refractivity contribution in [3.63, 3.8) is 0 Å². The third kappa shape index (κ3) is 1.75. The first-order valence-corrected chi connectivity index (χ1v) is 10.0. The SMILES string of the molecule is [2H]O[C@@]1(C)CC[C@H]2[C@@H]3CC[C@H]4Cc5c(cnn5[2H])C[C@]4(C)[C@H]3CC[C@@]21C. The summed E-state index contributed by atoms with van der Waals surface area (Å²) in [5.41, 5.74) is 2.71. The van der Waals surface area contributed by atoms with Gasteiger partial charge in [-0.05, 0) is 98.4 Å². The van der Waals surface area contributed by atoms with Gasteiger partial charge in [-0.3, -0.25) is 5.09 Å². The third-order valence-corrected chi connectivity index (χ3v) is 9.37. The quantitative estimate of drug-likeness (QED) is 0.814. The van der Waals surface area contributed by atoms with Crippen LogP contribution in [0.2, 0.25) is 1.41 Å². The molecule has 1 heterocycles. The van der Waals surface area contributed by atoms with Gasteiger partial charge in [-0.15, -0.1) is 0 Å². The molecular formula is C21H32N2O. The van der Waals surface area contributed by atoms with Gasteiger partial charge in [-0.25, -0.2) is 0 Å². The summed E-state index contributed by atoms with van der Waals surface area (Å²) in [6.07, 6.45) is 11.4. The Kier molecular flexibility index (Phi) is 2.60. The predicted octanol–water partition coefficient (Wildman–Crippen LogP) is 4.12. The van der Waals surface area contributed by atoms with Crippen molar-refractivity contribution in [3.8, 4) is 0 Å². The van der Waals surface area contributed by atoms with E-state index in [1.54, 1.807) is 0 Å². The molecule has 3 fully saturated rings. The van der Waals surface area contributed by atoms with Crippen LogP contribution in [-0.4, -0.2) is 22.3 Å². The third-order valence-electron chi connectivity index (χ3n) is 9.37. The summed E-state index contributed by atoms with van der Waals surface area (Å²) < 4.78 is 15.8. The van der Waals surface area contributed by atoms with Gasteiger partial charge in [0.25, 0.3) is 0 Å². The summed E-state index contributed by atoms with van der Waals surface area (Å²) in [7, 11) is 0. The van der Waals surface area contributed by atoms with Gasteiger partial charge in [-0.2, -0.15) is 5.10 Å². The zero-order chi connectivity index (χ0) is 18.3. The fourth-order valence-electron chi connectivity index (χ4n) is 7.64. The van der Waals surface area contributed by atoms with E-state index < -0.39 is 0 Å². The first kappa shape index (κ1) is 13.4. The highest BCUT2D eigenvalue weighted by Crippen LogP contribution is 2.67. The highest BCUT2D eigenvalue weighted by molar-refractivity contribution is 5.26. The number of hydrogen-bond donors (Lipinski definition) is 2. The van der Waals surface area contributed by atoms with Crippen LogP contribution in [0, 0.1) is 34.5 Å². The van der Waals surface area contributed by atoms with Crippen LogP contribution in [0.4, 0.5) is 0 Å². The molecule has 132 valence electrons. The van der Waals surface area contributed by atoms with Crippen molar-refractivity contribution >= 4 is 0 Å². The Morgan fingerprint density at radius 3 is 2.88 bits per heavy atom. The van der Waals surface area contributed by atoms with Crippen molar-refractivity contribution in [1.82, 2.24) is 10.2 Å². The lowest BCUT2D eigenvalue weighted by Gasteiger charge is -2.60. The van der Waals surface area contributed by atoms with E-state index in [9.17, 15) is 0 Å². The lowest BCUT2D eigenvalue weighted by molar-refractivity contribution is -0.139. The van der Waals surface area contributed by atoms with Gasteiger partial charge in [0, 0.05) is 5.69 Å². The molecule has 0 saturated heterocycles. The number of nitrogens with one attached hydrogen (secondary N) is 1. The highest BCUT2D eigenvalue weighted by Gasteiger charge is 2.63. The van der Waals surface area contributed by atoms with Crippen LogP contribution in [0.25, 0.3) is 0 Å². The molecule has 3 nitrogen and oxygen atoms in total. The molecule has 7 atom stereocenters. The molecule has 0 amide bonds. The van der Waals surface area contributed by atoms with E-state index in [4.69, 9.17) is 7.95 Å². The Labute approximate surface area is 148 Å². The van der Waals surface area contributed by atoms with E-state index in [1.165, 1.54) is 42.8 Å². The first-order valence-electron chi connectivity index (χ1n) is 10.9. The summed E-state index contributed by atoms with van der Waals surface area (Å²) in [5.74, 6) is 2.95. The Morgan fingerprint density at radius 2 is 2.04 bits per heavy atom. The smallest absolute Gasteiger partial charge is 0.211 e. The Bertz CT molecular complexity index is 736. The molecule has 24 heavy (non-hydrogen) atoms. The fourth-order valence-corrected chi connectivity index (χ4v) is 7.64. The largest absolute Gasteiger partial charge is 0.390 e. The molecule has 3 saturated carbocycles. The fraction of sp³-hybridized carbons (Fsp3) is 0.857. The molecule has 0 radical (unpaired) electrons. The molecule has 1 aromatic heterocycles. The highest BCUT2D eigenvalue weighted by atomic mass is 16.3. The summed E-state index contributed by atoms with van der Waals surface area (Å²) in [6.45, 7) is 7.13. The Balaban J connectivity index is 1.49. The van der Waals surface area contributed by atoms with Crippen LogP contribution < -0.4 is 0 Å². The Morgan fingerprint density at radius 1 is 1.21 bits per heavy atom. The molecule has 2 N–H and O–H groups in total. The molecule has 3 heteroatoms. The molecule has 0 spiro atoms. The van der Waals surface area contributed by atoms with Crippen molar-refractivity contribution in [2.24, 2.45) is 34.5 Å². The minimum Gasteiger partial charge on any atom is -0.390 e. The zero-order valence-corrected chi connectivity index (χ0v) is 15.3. The van der Waals surface area contributed by atoms with Crippen molar-refractivity contribution in [2.45, 2.75) is 77.7 Å². The molecule has 5 rings (SSSR count). The molecule has 1 aromatic rings. The summed E-state index contributed by atoms with van der Waals surface area (Å²) in [6, 6.07) is 0. The van der Waals surface area contributed by atoms with Gasteiger partial charge in [0.2, 0.25) is 1.43 Å². The minimum absolute atomic E-state index is 0.158. The van der Waals surface area contributed by atoms with E-state index in [2.05, 4.69) is 25.9 Å². The van der Waals surface area contributed by atoms with Gasteiger partial charge in [0.15, 0.2) is 1.41 Å². The van der Waals surface area contributed by atoms with Crippen molar-refractivity contribution in [2.75, 3.05) is 0 Å². The lowest BCUT2D eigenvalue weighted by atomic mass is 9.44. The number of aromatic amines is 1. The zero-order valence-electron chi connectivity index (χ0n) is 17.3. The van der Waals surface area contributed by atoms with E-state index in [-0.39, 0.29) is 11.0 Å². The molecule has 0 aliphatic heterocycles. The second-order valence-electron chi connectivity index (χ2n) is 10.1. The van der Waals surface area contributed by atoms with Crippen LogP contribution in [0.5, 0.6) is 0 Å². The van der Waals surface area contributed by atoms with E-state index in [0.717, 1.165) is 36.8 Å². The van der Waals surface area contributed by atoms with Gasteiger partial charge < -0.3 is 5.11 Å². The monoisotopic (exact) mass is 330 g/mol. The summed E-state index contributed by atoms with van der Waals surface area (Å²) >= 11 is 0. The second kappa shape index (κ2) is 4.66. The molecule has 0 bridgehead atoms. The number of hydrogen-bond acceptors (Lipinski definition) is 2. The Hall–Kier alpha value is -0.830. The van der Waals surface area contributed by atoms with Gasteiger partial charge >= 0.3 is 0 Å². The standard InChI is InChI=1S/C21H32N2O/c1-19-11-13-12-22-23-18(13)10-14(19)4-5-15-16(19)6-8-20(2)17(15)7-9-21(20,3)24/h12,14-17,24H,4-11H2,1-3H3,(H,22,23)/t14-,15+,16-,17-,19-,20-,21-/m0/s1/i24D/hD. The van der Waals surface area contributed by atoms with E-state index in [0.29, 0.717) is 17.3 Å². The van der Waals surface area contributed by atoms with Crippen LogP contribution in [0.1, 0.15) is 70.6 Å². The number of H-pyrrole nitrogens is 1. The van der Waals surface area contributed by atoms with Crippen LogP contribution >= 0.6 is 0 Å². The van der Waals surface area contributed by atoms with Crippen LogP contribution in [0.3, 0.4) is 0 Å². The minimum atomic E-state index is -0.271. The summed E-state index contributed by atoms with van der Waals surface area (Å²) in [5, 5.41) is 10.9. The molecule has 4 aliphatic rings. The lowest BCUT2D eigenvalue weighted by Crippen LogP contribution is -2.56. The normalized spacial score (nSPS) is 54.1. The van der Waals surface area contributed by atoms with Crippen molar-refractivity contribution in [3.05, 3.63) is 17.5 Å². The van der Waals surface area contributed by atoms with Gasteiger partial charge in [0.05, 0.1) is 11.8 Å². The number of rotatable bonds is 1. The maximum Gasteiger partial charge on any atom is 0.211 e. The predicted molar refractivity (Wildman–Crippen MR) is 94.5 cm³/mol. The average Bonchev–Trinajstić information content (AvgIpc) is 3.10. The topological polar surface area (TPSA) is 48.9 Å². The van der Waals surface area contributed by atoms with Gasteiger partial charge in [-0.1, -0.05) is 13.8 Å². The molecular weight excluding hydrogens is 296 g/mol. The number of fused-ring (bicyclic) bond motifs is 6. The average molecular weight is 331 g/mol. The van der Waals surface area contributed by atoms with Crippen molar-refractivity contribution in [1.29, 1.82) is 1.43 Å². The van der Waals surface area contributed by atoms with Crippen molar-refractivity contribution < 1.29 is 6.52 Å². The number of nitrogens with zero attached hydrogens (tertiary/aromatic N) is 1. The second-order valence-corrected chi connectivity index (χ2v) is 10.1. The maximum atomic E-state index is 8.04. The summed E-state index contributed by atoms with van der Waals surface area (Å²) in [4.78, 5) is 0. The molecule has 4 aliphatic carbocycles.